The fourth-order valence-electron chi connectivity index (χ4n) is 4.16. The zero-order valence-electron chi connectivity index (χ0n) is 18.6. The van der Waals surface area contributed by atoms with Gasteiger partial charge in [0.2, 0.25) is 0 Å². The lowest BCUT2D eigenvalue weighted by Gasteiger charge is -2.13. The zero-order valence-corrected chi connectivity index (χ0v) is 19.3. The molecule has 1 aromatic heterocycles. The van der Waals surface area contributed by atoms with E-state index in [-0.39, 0.29) is 5.91 Å². The molecule has 1 N–H and O–H groups in total. The highest BCUT2D eigenvalue weighted by molar-refractivity contribution is 6.33. The molecule has 0 bridgehead atoms. The second-order valence-electron chi connectivity index (χ2n) is 7.98. The third kappa shape index (κ3) is 4.61. The predicted octanol–water partition coefficient (Wildman–Crippen LogP) is 5.89. The quantitative estimate of drug-likeness (QED) is 0.308. The molecule has 0 saturated heterocycles. The second kappa shape index (κ2) is 9.98. The van der Waals surface area contributed by atoms with Crippen molar-refractivity contribution in [2.24, 2.45) is 0 Å². The SMILES string of the molecule is O=C(NCCc1nc2ccccc2n1CCOc1cccc2ccccc12)c1ccccc1Cl. The van der Waals surface area contributed by atoms with Crippen molar-refractivity contribution in [3.63, 3.8) is 0 Å². The Labute approximate surface area is 203 Å². The van der Waals surface area contributed by atoms with E-state index in [2.05, 4.69) is 34.1 Å². The zero-order chi connectivity index (χ0) is 23.3. The number of ether oxygens (including phenoxy) is 1. The van der Waals surface area contributed by atoms with Gasteiger partial charge in [0, 0.05) is 18.4 Å². The lowest BCUT2D eigenvalue weighted by Crippen LogP contribution is -2.27. The highest BCUT2D eigenvalue weighted by atomic mass is 35.5. The third-order valence-electron chi connectivity index (χ3n) is 5.81. The first-order valence-electron chi connectivity index (χ1n) is 11.3. The van der Waals surface area contributed by atoms with E-state index in [0.29, 0.717) is 36.7 Å². The van der Waals surface area contributed by atoms with Gasteiger partial charge in [0.25, 0.3) is 5.91 Å². The number of para-hydroxylation sites is 2. The van der Waals surface area contributed by atoms with E-state index in [1.165, 1.54) is 0 Å². The van der Waals surface area contributed by atoms with Gasteiger partial charge in [0.05, 0.1) is 28.2 Å². The molecule has 0 aliphatic carbocycles. The van der Waals surface area contributed by atoms with Gasteiger partial charge in [-0.25, -0.2) is 4.98 Å². The molecule has 5 nitrogen and oxygen atoms in total. The number of fused-ring (bicyclic) bond motifs is 2. The van der Waals surface area contributed by atoms with Gasteiger partial charge in [-0.3, -0.25) is 4.79 Å². The topological polar surface area (TPSA) is 56.2 Å². The molecular formula is C28H24ClN3O2. The first kappa shape index (κ1) is 22.0. The molecule has 0 saturated carbocycles. The summed E-state index contributed by atoms with van der Waals surface area (Å²) in [5.74, 6) is 1.59. The van der Waals surface area contributed by atoms with E-state index in [0.717, 1.165) is 33.4 Å². The standard InChI is InChI=1S/C28H24ClN3O2/c29-23-12-4-3-11-22(23)28(33)30-17-16-27-31-24-13-5-6-14-25(24)32(27)18-19-34-26-15-7-9-20-8-1-2-10-21(20)26/h1-15H,16-19H2,(H,30,33). The van der Waals surface area contributed by atoms with Crippen molar-refractivity contribution in [1.82, 2.24) is 14.9 Å². The minimum absolute atomic E-state index is 0.187. The number of imidazole rings is 1. The van der Waals surface area contributed by atoms with Gasteiger partial charge in [-0.15, -0.1) is 0 Å². The maximum atomic E-state index is 12.5. The molecule has 0 radical (unpaired) electrons. The minimum atomic E-state index is -0.187. The molecule has 6 heteroatoms. The Morgan fingerprint density at radius 1 is 0.912 bits per heavy atom. The van der Waals surface area contributed by atoms with Crippen molar-refractivity contribution in [2.75, 3.05) is 13.2 Å². The maximum Gasteiger partial charge on any atom is 0.252 e. The molecule has 1 amide bonds. The van der Waals surface area contributed by atoms with E-state index in [9.17, 15) is 4.79 Å². The highest BCUT2D eigenvalue weighted by Gasteiger charge is 2.13. The van der Waals surface area contributed by atoms with Crippen molar-refractivity contribution in [3.8, 4) is 5.75 Å². The summed E-state index contributed by atoms with van der Waals surface area (Å²) >= 11 is 6.15. The van der Waals surface area contributed by atoms with Crippen molar-refractivity contribution in [1.29, 1.82) is 0 Å². The van der Waals surface area contributed by atoms with Gasteiger partial charge in [0.15, 0.2) is 0 Å². The van der Waals surface area contributed by atoms with E-state index < -0.39 is 0 Å². The van der Waals surface area contributed by atoms with Gasteiger partial charge in [-0.1, -0.05) is 72.3 Å². The molecule has 5 rings (SSSR count). The Kier molecular flexibility index (Phi) is 6.45. The third-order valence-corrected chi connectivity index (χ3v) is 6.14. The van der Waals surface area contributed by atoms with Crippen molar-refractivity contribution < 1.29 is 9.53 Å². The van der Waals surface area contributed by atoms with Crippen LogP contribution in [-0.4, -0.2) is 28.6 Å². The van der Waals surface area contributed by atoms with Crippen LogP contribution in [0.5, 0.6) is 5.75 Å². The monoisotopic (exact) mass is 469 g/mol. The summed E-state index contributed by atoms with van der Waals surface area (Å²) in [6.07, 6.45) is 0.596. The van der Waals surface area contributed by atoms with Crippen LogP contribution in [0, 0.1) is 0 Å². The molecular weight excluding hydrogens is 446 g/mol. The Hall–Kier alpha value is -3.83. The molecule has 0 atom stereocenters. The van der Waals surface area contributed by atoms with Crippen LogP contribution >= 0.6 is 11.6 Å². The summed E-state index contributed by atoms with van der Waals surface area (Å²) in [4.78, 5) is 17.3. The number of hydrogen-bond acceptors (Lipinski definition) is 3. The van der Waals surface area contributed by atoms with Gasteiger partial charge in [-0.2, -0.15) is 0 Å². The number of aromatic nitrogens is 2. The molecule has 4 aromatic carbocycles. The number of nitrogens with one attached hydrogen (secondary N) is 1. The average Bonchev–Trinajstić information content (AvgIpc) is 3.22. The molecule has 170 valence electrons. The molecule has 0 fully saturated rings. The number of carbonyl (C=O) groups is 1. The number of hydrogen-bond donors (Lipinski definition) is 1. The van der Waals surface area contributed by atoms with Gasteiger partial charge >= 0.3 is 0 Å². The molecule has 1 heterocycles. The van der Waals surface area contributed by atoms with Gasteiger partial charge in [-0.05, 0) is 35.7 Å². The van der Waals surface area contributed by atoms with E-state index in [1.54, 1.807) is 18.2 Å². The fraction of sp³-hybridized carbons (Fsp3) is 0.143. The van der Waals surface area contributed by atoms with Gasteiger partial charge < -0.3 is 14.6 Å². The number of carbonyl (C=O) groups excluding carboxylic acids is 1. The van der Waals surface area contributed by atoms with Crippen LogP contribution in [0.1, 0.15) is 16.2 Å². The molecule has 0 aliphatic rings. The number of rotatable bonds is 8. The van der Waals surface area contributed by atoms with Crippen LogP contribution in [0.3, 0.4) is 0 Å². The number of amides is 1. The summed E-state index contributed by atoms with van der Waals surface area (Å²) in [6.45, 7) is 1.61. The van der Waals surface area contributed by atoms with Crippen LogP contribution in [0.2, 0.25) is 5.02 Å². The first-order valence-corrected chi connectivity index (χ1v) is 11.7. The molecule has 0 unspecified atom stereocenters. The van der Waals surface area contributed by atoms with Gasteiger partial charge in [0.1, 0.15) is 18.2 Å². The predicted molar refractivity (Wildman–Crippen MR) is 137 cm³/mol. The Morgan fingerprint density at radius 3 is 2.59 bits per heavy atom. The molecule has 0 aliphatic heterocycles. The summed E-state index contributed by atoms with van der Waals surface area (Å²) in [6, 6.07) is 29.4. The van der Waals surface area contributed by atoms with Crippen LogP contribution in [0.4, 0.5) is 0 Å². The lowest BCUT2D eigenvalue weighted by atomic mass is 10.1. The average molecular weight is 470 g/mol. The normalized spacial score (nSPS) is 11.1. The van der Waals surface area contributed by atoms with Crippen molar-refractivity contribution in [3.05, 3.63) is 107 Å². The summed E-state index contributed by atoms with van der Waals surface area (Å²) < 4.78 is 8.35. The largest absolute Gasteiger partial charge is 0.491 e. The van der Waals surface area contributed by atoms with Crippen molar-refractivity contribution in [2.45, 2.75) is 13.0 Å². The molecule has 5 aromatic rings. The molecule has 34 heavy (non-hydrogen) atoms. The van der Waals surface area contributed by atoms with Crippen LogP contribution in [-0.2, 0) is 13.0 Å². The summed E-state index contributed by atoms with van der Waals surface area (Å²) in [5, 5.41) is 5.65. The number of halogens is 1. The van der Waals surface area contributed by atoms with E-state index >= 15 is 0 Å². The Morgan fingerprint density at radius 2 is 1.68 bits per heavy atom. The Bertz CT molecular complexity index is 1460. The minimum Gasteiger partial charge on any atom is -0.491 e. The second-order valence-corrected chi connectivity index (χ2v) is 8.39. The summed E-state index contributed by atoms with van der Waals surface area (Å²) in [5.41, 5.74) is 2.46. The summed E-state index contributed by atoms with van der Waals surface area (Å²) in [7, 11) is 0. The number of nitrogens with zero attached hydrogens (tertiary/aromatic N) is 2. The smallest absolute Gasteiger partial charge is 0.252 e. The van der Waals surface area contributed by atoms with Crippen molar-refractivity contribution >= 4 is 39.3 Å². The number of benzene rings is 4. The fourth-order valence-corrected chi connectivity index (χ4v) is 4.38. The van der Waals surface area contributed by atoms with Crippen LogP contribution < -0.4 is 10.1 Å². The van der Waals surface area contributed by atoms with Crippen LogP contribution in [0.15, 0.2) is 91.0 Å². The van der Waals surface area contributed by atoms with E-state index in [1.807, 2.05) is 48.5 Å². The first-order chi connectivity index (χ1) is 16.7. The van der Waals surface area contributed by atoms with E-state index in [4.69, 9.17) is 21.3 Å². The Balaban J connectivity index is 1.29. The lowest BCUT2D eigenvalue weighted by molar-refractivity contribution is 0.0954. The maximum absolute atomic E-state index is 12.5. The van der Waals surface area contributed by atoms with Crippen LogP contribution in [0.25, 0.3) is 21.8 Å². The molecule has 0 spiro atoms. The highest BCUT2D eigenvalue weighted by Crippen LogP contribution is 2.25.